The zero-order valence-electron chi connectivity index (χ0n) is 10.8. The van der Waals surface area contributed by atoms with Crippen molar-refractivity contribution in [2.75, 3.05) is 33.4 Å². The summed E-state index contributed by atoms with van der Waals surface area (Å²) in [5, 5.41) is 6.12. The first kappa shape index (κ1) is 15.4. The summed E-state index contributed by atoms with van der Waals surface area (Å²) >= 11 is 0. The van der Waals surface area contributed by atoms with Gasteiger partial charge in [0.15, 0.2) is 0 Å². The van der Waals surface area contributed by atoms with Crippen LogP contribution in [0.25, 0.3) is 0 Å². The zero-order valence-corrected chi connectivity index (χ0v) is 10.8. The maximum atomic E-state index is 11.3. The molecule has 0 aromatic carbocycles. The molecule has 96 valence electrons. The van der Waals surface area contributed by atoms with E-state index in [1.165, 1.54) is 0 Å². The lowest BCUT2D eigenvalue weighted by Crippen LogP contribution is -2.29. The van der Waals surface area contributed by atoms with Crippen molar-refractivity contribution in [1.29, 1.82) is 0 Å². The quantitative estimate of drug-likeness (QED) is 0.554. The molecule has 0 aliphatic rings. The molecule has 0 heterocycles. The molecule has 0 aromatic rings. The molecular formula is C12H26N2O2. The molecule has 0 aromatic heterocycles. The fraction of sp³-hybridized carbons (Fsp3) is 0.917. The van der Waals surface area contributed by atoms with Gasteiger partial charge in [-0.15, -0.1) is 0 Å². The molecule has 0 radical (unpaired) electrons. The Morgan fingerprint density at radius 3 is 2.62 bits per heavy atom. The average molecular weight is 230 g/mol. The molecule has 0 aliphatic carbocycles. The lowest BCUT2D eigenvalue weighted by atomic mass is 10.1. The number of nitrogens with one attached hydrogen (secondary N) is 2. The summed E-state index contributed by atoms with van der Waals surface area (Å²) in [4.78, 5) is 11.3. The average Bonchev–Trinajstić information content (AvgIpc) is 2.23. The van der Waals surface area contributed by atoms with E-state index in [-0.39, 0.29) is 5.91 Å². The molecule has 16 heavy (non-hydrogen) atoms. The van der Waals surface area contributed by atoms with Gasteiger partial charge in [-0.25, -0.2) is 0 Å². The van der Waals surface area contributed by atoms with Gasteiger partial charge < -0.3 is 15.4 Å². The van der Waals surface area contributed by atoms with Crippen LogP contribution in [0.4, 0.5) is 0 Å². The van der Waals surface area contributed by atoms with E-state index in [4.69, 9.17) is 4.74 Å². The molecule has 1 amide bonds. The van der Waals surface area contributed by atoms with E-state index in [0.29, 0.717) is 19.6 Å². The molecule has 4 heteroatoms. The second-order valence-electron chi connectivity index (χ2n) is 4.38. The van der Waals surface area contributed by atoms with Crippen LogP contribution < -0.4 is 10.6 Å². The van der Waals surface area contributed by atoms with Gasteiger partial charge in [-0.05, 0) is 25.3 Å². The molecular weight excluding hydrogens is 204 g/mol. The van der Waals surface area contributed by atoms with Crippen molar-refractivity contribution in [2.45, 2.75) is 33.1 Å². The Kier molecular flexibility index (Phi) is 10.5. The van der Waals surface area contributed by atoms with Crippen LogP contribution in [-0.2, 0) is 9.53 Å². The van der Waals surface area contributed by atoms with E-state index < -0.39 is 0 Å². The molecule has 0 saturated carbocycles. The van der Waals surface area contributed by atoms with E-state index in [1.807, 2.05) is 0 Å². The summed E-state index contributed by atoms with van der Waals surface area (Å²) in [5.74, 6) is 0.837. The van der Waals surface area contributed by atoms with Gasteiger partial charge in [-0.2, -0.15) is 0 Å². The Morgan fingerprint density at radius 2 is 2.00 bits per heavy atom. The van der Waals surface area contributed by atoms with Crippen LogP contribution >= 0.6 is 0 Å². The lowest BCUT2D eigenvalue weighted by Gasteiger charge is -2.07. The number of hydrogen-bond acceptors (Lipinski definition) is 3. The van der Waals surface area contributed by atoms with Crippen molar-refractivity contribution in [3.63, 3.8) is 0 Å². The van der Waals surface area contributed by atoms with E-state index in [0.717, 1.165) is 31.8 Å². The predicted octanol–water partition coefficient (Wildman–Crippen LogP) is 1.16. The summed E-state index contributed by atoms with van der Waals surface area (Å²) < 4.78 is 4.90. The molecule has 0 aliphatic heterocycles. The van der Waals surface area contributed by atoms with Crippen LogP contribution in [0.2, 0.25) is 0 Å². The Labute approximate surface area is 99.1 Å². The van der Waals surface area contributed by atoms with Gasteiger partial charge >= 0.3 is 0 Å². The highest BCUT2D eigenvalue weighted by Gasteiger charge is 1.99. The van der Waals surface area contributed by atoms with Crippen LogP contribution in [-0.4, -0.2) is 39.3 Å². The maximum absolute atomic E-state index is 11.3. The molecule has 0 atom stereocenters. The van der Waals surface area contributed by atoms with E-state index >= 15 is 0 Å². The van der Waals surface area contributed by atoms with Crippen LogP contribution in [0, 0.1) is 5.92 Å². The van der Waals surface area contributed by atoms with Crippen LogP contribution in [0.1, 0.15) is 33.1 Å². The number of carbonyl (C=O) groups is 1. The number of carbonyl (C=O) groups excluding carboxylic acids is 1. The third-order valence-electron chi connectivity index (χ3n) is 2.27. The molecule has 0 spiro atoms. The van der Waals surface area contributed by atoms with Crippen molar-refractivity contribution in [1.82, 2.24) is 10.6 Å². The Balaban J connectivity index is 3.17. The first-order valence-corrected chi connectivity index (χ1v) is 6.13. The number of hydrogen-bond donors (Lipinski definition) is 2. The topological polar surface area (TPSA) is 50.4 Å². The van der Waals surface area contributed by atoms with Crippen molar-refractivity contribution in [3.05, 3.63) is 0 Å². The van der Waals surface area contributed by atoms with Gasteiger partial charge in [0.25, 0.3) is 0 Å². The highest BCUT2D eigenvalue weighted by Crippen LogP contribution is 1.95. The van der Waals surface area contributed by atoms with Crippen LogP contribution in [0.15, 0.2) is 0 Å². The minimum Gasteiger partial charge on any atom is -0.385 e. The Bertz CT molecular complexity index is 172. The lowest BCUT2D eigenvalue weighted by molar-refractivity contribution is -0.121. The minimum absolute atomic E-state index is 0.119. The fourth-order valence-electron chi connectivity index (χ4n) is 1.25. The van der Waals surface area contributed by atoms with Crippen LogP contribution in [0.5, 0.6) is 0 Å². The third-order valence-corrected chi connectivity index (χ3v) is 2.27. The van der Waals surface area contributed by atoms with Gasteiger partial charge in [0.2, 0.25) is 5.91 Å². The van der Waals surface area contributed by atoms with Crippen LogP contribution in [0.3, 0.4) is 0 Å². The number of methoxy groups -OCH3 is 1. The molecule has 0 fully saturated rings. The minimum atomic E-state index is 0.119. The largest absolute Gasteiger partial charge is 0.385 e. The normalized spacial score (nSPS) is 10.8. The zero-order chi connectivity index (χ0) is 12.2. The molecule has 4 nitrogen and oxygen atoms in total. The summed E-state index contributed by atoms with van der Waals surface area (Å²) in [5.41, 5.74) is 0. The molecule has 0 unspecified atom stereocenters. The summed E-state index contributed by atoms with van der Waals surface area (Å²) in [6.45, 7) is 7.57. The van der Waals surface area contributed by atoms with Gasteiger partial charge in [0, 0.05) is 33.2 Å². The van der Waals surface area contributed by atoms with Gasteiger partial charge in [-0.1, -0.05) is 13.8 Å². The molecule has 2 N–H and O–H groups in total. The van der Waals surface area contributed by atoms with E-state index in [9.17, 15) is 4.79 Å². The first-order chi connectivity index (χ1) is 7.66. The van der Waals surface area contributed by atoms with Gasteiger partial charge in [0.05, 0.1) is 0 Å². The monoisotopic (exact) mass is 230 g/mol. The number of amides is 1. The van der Waals surface area contributed by atoms with Crippen molar-refractivity contribution in [3.8, 4) is 0 Å². The second-order valence-corrected chi connectivity index (χ2v) is 4.38. The molecule has 0 bridgehead atoms. The van der Waals surface area contributed by atoms with Crippen molar-refractivity contribution >= 4 is 5.91 Å². The SMILES string of the molecule is COCCCNC(=O)CCNCCC(C)C. The summed E-state index contributed by atoms with van der Waals surface area (Å²) in [7, 11) is 1.67. The molecule has 0 rings (SSSR count). The summed E-state index contributed by atoms with van der Waals surface area (Å²) in [6, 6.07) is 0. The van der Waals surface area contributed by atoms with E-state index in [2.05, 4.69) is 24.5 Å². The van der Waals surface area contributed by atoms with E-state index in [1.54, 1.807) is 7.11 Å². The van der Waals surface area contributed by atoms with Gasteiger partial charge in [-0.3, -0.25) is 4.79 Å². The standard InChI is InChI=1S/C12H26N2O2/c1-11(2)5-8-13-9-6-12(15)14-7-4-10-16-3/h11,13H,4-10H2,1-3H3,(H,14,15). The molecule has 0 saturated heterocycles. The maximum Gasteiger partial charge on any atom is 0.221 e. The Morgan fingerprint density at radius 1 is 1.25 bits per heavy atom. The number of ether oxygens (including phenoxy) is 1. The first-order valence-electron chi connectivity index (χ1n) is 6.13. The Hall–Kier alpha value is -0.610. The van der Waals surface area contributed by atoms with Gasteiger partial charge in [0.1, 0.15) is 0 Å². The van der Waals surface area contributed by atoms with Crippen molar-refractivity contribution in [2.24, 2.45) is 5.92 Å². The highest BCUT2D eigenvalue weighted by molar-refractivity contribution is 5.75. The smallest absolute Gasteiger partial charge is 0.221 e. The third kappa shape index (κ3) is 11.5. The number of rotatable bonds is 10. The fourth-order valence-corrected chi connectivity index (χ4v) is 1.25. The second kappa shape index (κ2) is 10.9. The van der Waals surface area contributed by atoms with Crippen molar-refractivity contribution < 1.29 is 9.53 Å². The highest BCUT2D eigenvalue weighted by atomic mass is 16.5. The summed E-state index contributed by atoms with van der Waals surface area (Å²) in [6.07, 6.45) is 2.60. The predicted molar refractivity (Wildman–Crippen MR) is 66.4 cm³/mol.